The Morgan fingerprint density at radius 3 is 2.52 bits per heavy atom. The molecule has 0 saturated carbocycles. The van der Waals surface area contributed by atoms with Crippen LogP contribution >= 0.6 is 0 Å². The Hall–Kier alpha value is -1.96. The van der Waals surface area contributed by atoms with Crippen LogP contribution in [0.1, 0.15) is 41.3 Å². The SMILES string of the molecule is Cc1cc(C(C)OC2OCCN[C@H]2c2ccc(F)cc2)cc(C(F)(F)F)c1. The summed E-state index contributed by atoms with van der Waals surface area (Å²) in [5, 5.41) is 3.26. The number of ether oxygens (including phenoxy) is 2. The molecule has 3 nitrogen and oxygen atoms in total. The number of aryl methyl sites for hydroxylation is 1. The lowest BCUT2D eigenvalue weighted by atomic mass is 10.0. The van der Waals surface area contributed by atoms with Gasteiger partial charge in [0, 0.05) is 6.54 Å². The molecular formula is C20H21F4NO2. The molecule has 1 N–H and O–H groups in total. The Morgan fingerprint density at radius 2 is 1.85 bits per heavy atom. The Morgan fingerprint density at radius 1 is 1.15 bits per heavy atom. The number of rotatable bonds is 4. The second kappa shape index (κ2) is 7.96. The van der Waals surface area contributed by atoms with Gasteiger partial charge in [0.05, 0.1) is 24.3 Å². The number of benzene rings is 2. The molecule has 0 aromatic heterocycles. The van der Waals surface area contributed by atoms with Crippen LogP contribution in [-0.2, 0) is 15.7 Å². The Kier molecular flexibility index (Phi) is 5.83. The summed E-state index contributed by atoms with van der Waals surface area (Å²) in [6.07, 6.45) is -5.73. The Balaban J connectivity index is 1.80. The Bertz CT molecular complexity index is 777. The van der Waals surface area contributed by atoms with Gasteiger partial charge in [0.2, 0.25) is 0 Å². The first-order chi connectivity index (χ1) is 12.7. The summed E-state index contributed by atoms with van der Waals surface area (Å²) in [7, 11) is 0. The van der Waals surface area contributed by atoms with Crippen molar-refractivity contribution < 1.29 is 27.0 Å². The van der Waals surface area contributed by atoms with Crippen molar-refractivity contribution in [2.24, 2.45) is 0 Å². The fraction of sp³-hybridized carbons (Fsp3) is 0.400. The van der Waals surface area contributed by atoms with Gasteiger partial charge in [-0.05, 0) is 49.2 Å². The van der Waals surface area contributed by atoms with Gasteiger partial charge < -0.3 is 14.8 Å². The molecule has 0 spiro atoms. The maximum absolute atomic E-state index is 13.2. The van der Waals surface area contributed by atoms with Crippen LogP contribution < -0.4 is 5.32 Å². The quantitative estimate of drug-likeness (QED) is 0.761. The predicted molar refractivity (Wildman–Crippen MR) is 92.6 cm³/mol. The minimum Gasteiger partial charge on any atom is -0.349 e. The largest absolute Gasteiger partial charge is 0.416 e. The first-order valence-corrected chi connectivity index (χ1v) is 8.69. The number of morpholine rings is 1. The van der Waals surface area contributed by atoms with Crippen molar-refractivity contribution in [3.63, 3.8) is 0 Å². The summed E-state index contributed by atoms with van der Waals surface area (Å²) in [6, 6.07) is 9.51. The van der Waals surface area contributed by atoms with Gasteiger partial charge in [-0.15, -0.1) is 0 Å². The Labute approximate surface area is 155 Å². The molecule has 1 heterocycles. The highest BCUT2D eigenvalue weighted by atomic mass is 19.4. The van der Waals surface area contributed by atoms with Gasteiger partial charge >= 0.3 is 6.18 Å². The average molecular weight is 383 g/mol. The zero-order chi connectivity index (χ0) is 19.6. The maximum atomic E-state index is 13.2. The molecule has 1 aliphatic heterocycles. The van der Waals surface area contributed by atoms with Gasteiger partial charge in [0.25, 0.3) is 0 Å². The first-order valence-electron chi connectivity index (χ1n) is 8.69. The van der Waals surface area contributed by atoms with Crippen LogP contribution in [0.15, 0.2) is 42.5 Å². The molecule has 2 aromatic carbocycles. The predicted octanol–water partition coefficient (Wildman–Crippen LogP) is 4.92. The standard InChI is InChI=1S/C20H21F4NO2/c1-12-9-15(11-16(10-12)20(22,23)24)13(2)27-19-18(25-7-8-26-19)14-3-5-17(21)6-4-14/h3-6,9-11,13,18-19,25H,7-8H2,1-2H3/t13?,18-,19?/m0/s1. The van der Waals surface area contributed by atoms with E-state index in [1.165, 1.54) is 12.1 Å². The summed E-state index contributed by atoms with van der Waals surface area (Å²) >= 11 is 0. The molecule has 0 radical (unpaired) electrons. The van der Waals surface area contributed by atoms with E-state index in [9.17, 15) is 17.6 Å². The normalized spacial score (nSPS) is 21.9. The molecule has 146 valence electrons. The van der Waals surface area contributed by atoms with Crippen LogP contribution in [0, 0.1) is 12.7 Å². The molecule has 0 aliphatic carbocycles. The van der Waals surface area contributed by atoms with Crippen LogP contribution in [0.3, 0.4) is 0 Å². The molecule has 2 aromatic rings. The average Bonchev–Trinajstić information content (AvgIpc) is 2.62. The number of hydrogen-bond donors (Lipinski definition) is 1. The smallest absolute Gasteiger partial charge is 0.349 e. The number of alkyl halides is 3. The molecule has 7 heteroatoms. The van der Waals surface area contributed by atoms with E-state index >= 15 is 0 Å². The topological polar surface area (TPSA) is 30.5 Å². The molecule has 2 unspecified atom stereocenters. The number of halogens is 4. The van der Waals surface area contributed by atoms with Crippen molar-refractivity contribution in [3.05, 3.63) is 70.5 Å². The van der Waals surface area contributed by atoms with Crippen LogP contribution in [0.2, 0.25) is 0 Å². The third-order valence-corrected chi connectivity index (χ3v) is 4.48. The van der Waals surface area contributed by atoms with Crippen molar-refractivity contribution >= 4 is 0 Å². The van der Waals surface area contributed by atoms with Gasteiger partial charge in [-0.25, -0.2) is 4.39 Å². The zero-order valence-electron chi connectivity index (χ0n) is 15.0. The highest BCUT2D eigenvalue weighted by Gasteiger charge is 2.33. The van der Waals surface area contributed by atoms with Crippen LogP contribution in [-0.4, -0.2) is 19.4 Å². The van der Waals surface area contributed by atoms with E-state index < -0.39 is 24.1 Å². The second-order valence-corrected chi connectivity index (χ2v) is 6.63. The molecule has 3 rings (SSSR count). The van der Waals surface area contributed by atoms with E-state index in [2.05, 4.69) is 5.32 Å². The van der Waals surface area contributed by atoms with Gasteiger partial charge in [-0.2, -0.15) is 13.2 Å². The van der Waals surface area contributed by atoms with Crippen LogP contribution in [0.4, 0.5) is 17.6 Å². The third kappa shape index (κ3) is 4.86. The number of nitrogens with one attached hydrogen (secondary N) is 1. The molecule has 0 amide bonds. The third-order valence-electron chi connectivity index (χ3n) is 4.48. The zero-order valence-corrected chi connectivity index (χ0v) is 15.0. The lowest BCUT2D eigenvalue weighted by molar-refractivity contribution is -0.200. The molecule has 1 saturated heterocycles. The highest BCUT2D eigenvalue weighted by Crippen LogP contribution is 2.34. The molecule has 0 bridgehead atoms. The van der Waals surface area contributed by atoms with E-state index in [0.717, 1.165) is 17.7 Å². The summed E-state index contributed by atoms with van der Waals surface area (Å²) in [5.74, 6) is -0.347. The van der Waals surface area contributed by atoms with E-state index in [4.69, 9.17) is 9.47 Å². The maximum Gasteiger partial charge on any atom is 0.416 e. The van der Waals surface area contributed by atoms with Gasteiger partial charge in [0.15, 0.2) is 6.29 Å². The summed E-state index contributed by atoms with van der Waals surface area (Å²) in [6.45, 7) is 4.32. The van der Waals surface area contributed by atoms with Crippen molar-refractivity contribution in [3.8, 4) is 0 Å². The number of hydrogen-bond acceptors (Lipinski definition) is 3. The van der Waals surface area contributed by atoms with E-state index in [1.54, 1.807) is 32.0 Å². The van der Waals surface area contributed by atoms with Gasteiger partial charge in [-0.3, -0.25) is 0 Å². The molecule has 1 fully saturated rings. The van der Waals surface area contributed by atoms with Crippen molar-refractivity contribution in [1.29, 1.82) is 0 Å². The fourth-order valence-corrected chi connectivity index (χ4v) is 3.14. The first kappa shape index (κ1) is 19.8. The summed E-state index contributed by atoms with van der Waals surface area (Å²) in [5.41, 5.74) is 1.02. The van der Waals surface area contributed by atoms with Crippen molar-refractivity contribution in [2.75, 3.05) is 13.2 Å². The fourth-order valence-electron chi connectivity index (χ4n) is 3.14. The van der Waals surface area contributed by atoms with E-state index in [0.29, 0.717) is 24.3 Å². The van der Waals surface area contributed by atoms with Crippen molar-refractivity contribution in [1.82, 2.24) is 5.32 Å². The monoisotopic (exact) mass is 383 g/mol. The minimum absolute atomic E-state index is 0.339. The lowest BCUT2D eigenvalue weighted by Crippen LogP contribution is -2.43. The molecular weight excluding hydrogens is 362 g/mol. The minimum atomic E-state index is -4.42. The highest BCUT2D eigenvalue weighted by molar-refractivity contribution is 5.32. The van der Waals surface area contributed by atoms with Gasteiger partial charge in [-0.1, -0.05) is 23.8 Å². The van der Waals surface area contributed by atoms with Crippen molar-refractivity contribution in [2.45, 2.75) is 38.5 Å². The van der Waals surface area contributed by atoms with Crippen LogP contribution in [0.5, 0.6) is 0 Å². The molecule has 1 aliphatic rings. The van der Waals surface area contributed by atoms with Crippen LogP contribution in [0.25, 0.3) is 0 Å². The lowest BCUT2D eigenvalue weighted by Gasteiger charge is -2.34. The second-order valence-electron chi connectivity index (χ2n) is 6.63. The molecule has 27 heavy (non-hydrogen) atoms. The molecule has 3 atom stereocenters. The van der Waals surface area contributed by atoms with E-state index in [-0.39, 0.29) is 11.9 Å². The summed E-state index contributed by atoms with van der Waals surface area (Å²) in [4.78, 5) is 0. The summed E-state index contributed by atoms with van der Waals surface area (Å²) < 4.78 is 64.1. The van der Waals surface area contributed by atoms with Gasteiger partial charge in [0.1, 0.15) is 5.82 Å². The van der Waals surface area contributed by atoms with E-state index in [1.807, 2.05) is 0 Å².